The minimum Gasteiger partial charge on any atom is -0.399 e. The van der Waals surface area contributed by atoms with E-state index in [0.717, 1.165) is 0 Å². The van der Waals surface area contributed by atoms with Crippen LogP contribution in [-0.4, -0.2) is 14.4 Å². The Morgan fingerprint density at radius 2 is 1.57 bits per heavy atom. The summed E-state index contributed by atoms with van der Waals surface area (Å²) in [5, 5.41) is 10.2. The topological polar surface area (TPSA) is 127 Å². The molecule has 0 aliphatic heterocycles. The quantitative estimate of drug-likeness (QED) is 0.641. The summed E-state index contributed by atoms with van der Waals surface area (Å²) in [5.74, 6) is 0. The number of sulfonamides is 1. The Labute approximate surface area is 122 Å². The van der Waals surface area contributed by atoms with E-state index >= 15 is 0 Å². The lowest BCUT2D eigenvalue weighted by Crippen LogP contribution is -2.19. The van der Waals surface area contributed by atoms with E-state index in [2.05, 4.69) is 10.6 Å². The number of carbonyl (C=O) groups excluding carboxylic acids is 1. The maximum Gasteiger partial charge on any atom is 0.323 e. The minimum atomic E-state index is -3.74. The fourth-order valence-electron chi connectivity index (χ4n) is 1.64. The number of amides is 2. The second-order valence-corrected chi connectivity index (χ2v) is 5.84. The number of carbonyl (C=O) groups is 1. The molecule has 7 nitrogen and oxygen atoms in total. The third kappa shape index (κ3) is 4.20. The summed E-state index contributed by atoms with van der Waals surface area (Å²) in [5.41, 5.74) is 7.12. The molecule has 2 aromatic rings. The summed E-state index contributed by atoms with van der Waals surface area (Å²) in [6.07, 6.45) is 0. The van der Waals surface area contributed by atoms with Gasteiger partial charge in [-0.2, -0.15) is 0 Å². The molecule has 21 heavy (non-hydrogen) atoms. The number of hydrogen-bond acceptors (Lipinski definition) is 4. The van der Waals surface area contributed by atoms with Crippen LogP contribution in [0.3, 0.4) is 0 Å². The van der Waals surface area contributed by atoms with Gasteiger partial charge in [-0.15, -0.1) is 0 Å². The lowest BCUT2D eigenvalue weighted by molar-refractivity contribution is 0.262. The molecule has 0 saturated heterocycles. The maximum atomic E-state index is 11.8. The van der Waals surface area contributed by atoms with Gasteiger partial charge in [0.1, 0.15) is 0 Å². The Hall–Kier alpha value is -2.58. The molecule has 110 valence electrons. The average Bonchev–Trinajstić information content (AvgIpc) is 2.38. The highest BCUT2D eigenvalue weighted by atomic mass is 32.2. The zero-order valence-electron chi connectivity index (χ0n) is 10.9. The summed E-state index contributed by atoms with van der Waals surface area (Å²) in [4.78, 5) is 11.7. The monoisotopic (exact) mass is 306 g/mol. The van der Waals surface area contributed by atoms with Crippen LogP contribution in [-0.2, 0) is 10.0 Å². The van der Waals surface area contributed by atoms with E-state index in [-0.39, 0.29) is 4.90 Å². The van der Waals surface area contributed by atoms with E-state index in [1.165, 1.54) is 24.3 Å². The van der Waals surface area contributed by atoms with Gasteiger partial charge in [-0.3, -0.25) is 0 Å². The number of primary sulfonamides is 1. The number of nitrogen functional groups attached to an aromatic ring is 1. The summed E-state index contributed by atoms with van der Waals surface area (Å²) >= 11 is 0. The van der Waals surface area contributed by atoms with Crippen molar-refractivity contribution in [2.24, 2.45) is 5.14 Å². The first-order chi connectivity index (χ1) is 9.84. The highest BCUT2D eigenvalue weighted by molar-refractivity contribution is 7.89. The third-order valence-corrected chi connectivity index (χ3v) is 3.51. The predicted molar refractivity (Wildman–Crippen MR) is 81.3 cm³/mol. The van der Waals surface area contributed by atoms with E-state index in [1.807, 2.05) is 0 Å². The van der Waals surface area contributed by atoms with Crippen molar-refractivity contribution in [2.45, 2.75) is 4.90 Å². The van der Waals surface area contributed by atoms with Crippen LogP contribution in [0.1, 0.15) is 0 Å². The fourth-order valence-corrected chi connectivity index (χ4v) is 2.15. The maximum absolute atomic E-state index is 11.8. The number of rotatable bonds is 3. The van der Waals surface area contributed by atoms with Gasteiger partial charge in [0.15, 0.2) is 0 Å². The van der Waals surface area contributed by atoms with E-state index in [9.17, 15) is 13.2 Å². The lowest BCUT2D eigenvalue weighted by Gasteiger charge is -2.08. The molecule has 0 unspecified atom stereocenters. The molecule has 8 heteroatoms. The molecule has 0 bridgehead atoms. The van der Waals surface area contributed by atoms with Crippen LogP contribution in [0.25, 0.3) is 0 Å². The molecule has 0 fully saturated rings. The van der Waals surface area contributed by atoms with Crippen molar-refractivity contribution in [2.75, 3.05) is 16.4 Å². The third-order valence-electron chi connectivity index (χ3n) is 2.59. The second kappa shape index (κ2) is 5.81. The van der Waals surface area contributed by atoms with Crippen LogP contribution in [0.15, 0.2) is 53.4 Å². The van der Waals surface area contributed by atoms with Gasteiger partial charge >= 0.3 is 6.03 Å². The summed E-state index contributed by atoms with van der Waals surface area (Å²) in [7, 11) is -3.74. The first-order valence-electron chi connectivity index (χ1n) is 5.91. The Morgan fingerprint density at radius 1 is 0.952 bits per heavy atom. The van der Waals surface area contributed by atoms with Crippen LogP contribution in [0.2, 0.25) is 0 Å². The van der Waals surface area contributed by atoms with Crippen molar-refractivity contribution in [3.8, 4) is 0 Å². The van der Waals surface area contributed by atoms with E-state index < -0.39 is 16.1 Å². The molecule has 0 aromatic heterocycles. The molecule has 2 amide bonds. The number of benzene rings is 2. The van der Waals surface area contributed by atoms with Crippen LogP contribution in [0.5, 0.6) is 0 Å². The lowest BCUT2D eigenvalue weighted by atomic mass is 10.3. The normalized spacial score (nSPS) is 10.9. The van der Waals surface area contributed by atoms with Gasteiger partial charge in [-0.25, -0.2) is 18.4 Å². The summed E-state index contributed by atoms with van der Waals surface area (Å²) in [6.45, 7) is 0. The zero-order valence-corrected chi connectivity index (χ0v) is 11.7. The number of urea groups is 1. The SMILES string of the molecule is Nc1cccc(NC(=O)Nc2ccc(S(N)(=O)=O)cc2)c1. The Balaban J connectivity index is 2.03. The van der Waals surface area contributed by atoms with Crippen molar-refractivity contribution in [1.29, 1.82) is 0 Å². The molecule has 0 saturated carbocycles. The number of nitrogens with one attached hydrogen (secondary N) is 2. The van der Waals surface area contributed by atoms with Crippen LogP contribution < -0.4 is 21.5 Å². The molecule has 0 aliphatic rings. The molecule has 0 aliphatic carbocycles. The smallest absolute Gasteiger partial charge is 0.323 e. The van der Waals surface area contributed by atoms with E-state index in [1.54, 1.807) is 24.3 Å². The molecular weight excluding hydrogens is 292 g/mol. The number of nitrogens with two attached hydrogens (primary N) is 2. The molecule has 0 spiro atoms. The van der Waals surface area contributed by atoms with Crippen molar-refractivity contribution >= 4 is 33.1 Å². The van der Waals surface area contributed by atoms with E-state index in [0.29, 0.717) is 17.1 Å². The Bertz CT molecular complexity index is 757. The molecule has 0 atom stereocenters. The first kappa shape index (κ1) is 14.8. The predicted octanol–water partition coefficient (Wildman–Crippen LogP) is 1.56. The zero-order chi connectivity index (χ0) is 15.5. The van der Waals surface area contributed by atoms with Crippen molar-refractivity contribution in [3.05, 3.63) is 48.5 Å². The van der Waals surface area contributed by atoms with Gasteiger partial charge in [0.05, 0.1) is 4.90 Å². The highest BCUT2D eigenvalue weighted by Crippen LogP contribution is 2.15. The van der Waals surface area contributed by atoms with Gasteiger partial charge < -0.3 is 16.4 Å². The number of anilines is 3. The van der Waals surface area contributed by atoms with Gasteiger partial charge in [0.2, 0.25) is 10.0 Å². The van der Waals surface area contributed by atoms with Gasteiger partial charge in [-0.05, 0) is 42.5 Å². The molecule has 6 N–H and O–H groups in total. The summed E-state index contributed by atoms with van der Waals surface area (Å²) < 4.78 is 22.2. The van der Waals surface area contributed by atoms with Gasteiger partial charge in [0, 0.05) is 17.1 Å². The largest absolute Gasteiger partial charge is 0.399 e. The molecule has 2 aromatic carbocycles. The average molecular weight is 306 g/mol. The number of hydrogen-bond donors (Lipinski definition) is 4. The standard InChI is InChI=1S/C13H14N4O3S/c14-9-2-1-3-11(8-9)17-13(18)16-10-4-6-12(7-5-10)21(15,19)20/h1-8H,14H2,(H2,15,19,20)(H2,16,17,18). The van der Waals surface area contributed by atoms with Crippen molar-refractivity contribution < 1.29 is 13.2 Å². The van der Waals surface area contributed by atoms with Crippen molar-refractivity contribution in [3.63, 3.8) is 0 Å². The first-order valence-corrected chi connectivity index (χ1v) is 7.46. The Kier molecular flexibility index (Phi) is 4.10. The van der Waals surface area contributed by atoms with Crippen LogP contribution >= 0.6 is 0 Å². The Morgan fingerprint density at radius 3 is 2.14 bits per heavy atom. The highest BCUT2D eigenvalue weighted by Gasteiger charge is 2.08. The molecule has 0 radical (unpaired) electrons. The van der Waals surface area contributed by atoms with E-state index in [4.69, 9.17) is 10.9 Å². The minimum absolute atomic E-state index is 0.0238. The molecule has 2 rings (SSSR count). The van der Waals surface area contributed by atoms with Crippen molar-refractivity contribution in [1.82, 2.24) is 0 Å². The second-order valence-electron chi connectivity index (χ2n) is 4.27. The van der Waals surface area contributed by atoms with Crippen LogP contribution in [0, 0.1) is 0 Å². The fraction of sp³-hybridized carbons (Fsp3) is 0. The summed E-state index contributed by atoms with van der Waals surface area (Å²) in [6, 6.07) is 11.8. The van der Waals surface area contributed by atoms with Gasteiger partial charge in [-0.1, -0.05) is 6.07 Å². The molecule has 0 heterocycles. The molecular formula is C13H14N4O3S. The van der Waals surface area contributed by atoms with Gasteiger partial charge in [0.25, 0.3) is 0 Å². The van der Waals surface area contributed by atoms with Crippen LogP contribution in [0.4, 0.5) is 21.9 Å².